The van der Waals surface area contributed by atoms with E-state index in [2.05, 4.69) is 40.1 Å². The second-order valence-electron chi connectivity index (χ2n) is 31.4. The number of piperazine rings is 2. The summed E-state index contributed by atoms with van der Waals surface area (Å²) in [5.41, 5.74) is 9.00. The number of fused-ring (bicyclic) bond motifs is 2. The minimum atomic E-state index is -2.95. The first-order valence-corrected chi connectivity index (χ1v) is 44.1. The zero-order chi connectivity index (χ0) is 83.2. The van der Waals surface area contributed by atoms with Gasteiger partial charge in [0.2, 0.25) is 0 Å². The molecule has 17 rings (SSSR count). The van der Waals surface area contributed by atoms with Crippen LogP contribution in [0.1, 0.15) is 109 Å². The summed E-state index contributed by atoms with van der Waals surface area (Å²) in [6.45, 7) is 12.2. The Labute approximate surface area is 699 Å². The third-order valence-electron chi connectivity index (χ3n) is 23.6. The summed E-state index contributed by atoms with van der Waals surface area (Å²) in [6.07, 6.45) is 0. The Balaban J connectivity index is 0.855. The molecule has 0 bridgehead atoms. The van der Waals surface area contributed by atoms with Gasteiger partial charge >= 0.3 is 18.1 Å². The number of rotatable bonds is 27. The number of imide groups is 2. The molecule has 0 saturated carbocycles. The van der Waals surface area contributed by atoms with Gasteiger partial charge in [-0.25, -0.2) is 0 Å². The van der Waals surface area contributed by atoms with E-state index in [0.29, 0.717) is 131 Å². The first kappa shape index (κ1) is 80.2. The highest BCUT2D eigenvalue weighted by Gasteiger charge is 2.49. The molecule has 2 saturated heterocycles. The number of ether oxygens (including phenoxy) is 4. The standard InChI is InChI=1S/C97H92N6O15Si2/c1-60-26-34-70(35-27-60)115-78-52-74-82-75(93(105)102(92(74)104)90(68-22-12-10-13-23-68)96(108)100-46-42-98(43-47-100)56-64-18-16-20-66(50-64)58-119(110-5)111-6)53-79(116-71-36-28-61(2)29-37-71)85-87-81(118-73-40-32-63(4)33-41-73)55-77-83-76(54-80(86(89(83)87)84(78)88(82)85)117-72-38-30-62(3)31-39-72)94(106)103(95(77)107)91(69-24-14-11-15-25-69)97(109)101-48-44-99(45-49-101)57-65-19-17-21-67(51-65)59-120(112-7,113-8)114-9/h10-41,50-55,90-91,119H,42-49,56-59H2,1-9H3. The molecule has 2 atom stereocenters. The number of hydrogen-bond donors (Lipinski definition) is 0. The van der Waals surface area contributed by atoms with Gasteiger partial charge in [-0.3, -0.25) is 48.4 Å². The minimum Gasteiger partial charge on any atom is -0.457 e. The third kappa shape index (κ3) is 15.5. The highest BCUT2D eigenvalue weighted by atomic mass is 28.4. The molecule has 6 amide bonds. The Morgan fingerprint density at radius 2 is 0.642 bits per heavy atom. The zero-order valence-electron chi connectivity index (χ0n) is 68.5. The maximum absolute atomic E-state index is 16.9. The van der Waals surface area contributed by atoms with Gasteiger partial charge in [0.05, 0.1) is 22.3 Å². The lowest BCUT2D eigenvalue weighted by molar-refractivity contribution is -0.138. The third-order valence-corrected chi connectivity index (χ3v) is 28.2. The molecule has 2 unspecified atom stereocenters. The van der Waals surface area contributed by atoms with Gasteiger partial charge in [-0.05, 0) is 134 Å². The molecular weight excluding hydrogens is 1550 g/mol. The van der Waals surface area contributed by atoms with Crippen molar-refractivity contribution in [1.82, 2.24) is 29.4 Å². The van der Waals surface area contributed by atoms with E-state index >= 15 is 28.8 Å². The van der Waals surface area contributed by atoms with Gasteiger partial charge < -0.3 is 50.9 Å². The molecule has 120 heavy (non-hydrogen) atoms. The van der Waals surface area contributed by atoms with Gasteiger partial charge in [0.25, 0.3) is 35.4 Å². The van der Waals surface area contributed by atoms with Crippen LogP contribution in [0.5, 0.6) is 46.0 Å². The van der Waals surface area contributed by atoms with Crippen LogP contribution >= 0.6 is 0 Å². The highest BCUT2D eigenvalue weighted by molar-refractivity contribution is 6.60. The van der Waals surface area contributed by atoms with Gasteiger partial charge in [0, 0.05) is 156 Å². The van der Waals surface area contributed by atoms with E-state index in [4.69, 9.17) is 41.1 Å². The molecule has 4 aliphatic rings. The van der Waals surface area contributed by atoms with Crippen molar-refractivity contribution in [1.29, 1.82) is 0 Å². The van der Waals surface area contributed by atoms with Crippen LogP contribution in [0.3, 0.4) is 0 Å². The lowest BCUT2D eigenvalue weighted by Gasteiger charge is -2.40. The van der Waals surface area contributed by atoms with Gasteiger partial charge in [-0.15, -0.1) is 0 Å². The fourth-order valence-corrected chi connectivity index (χ4v) is 20.1. The lowest BCUT2D eigenvalue weighted by atomic mass is 9.80. The first-order chi connectivity index (χ1) is 58.3. The van der Waals surface area contributed by atoms with Crippen LogP contribution in [-0.2, 0) is 56.9 Å². The second-order valence-corrected chi connectivity index (χ2v) is 36.5. The fraction of sp³-hybridized carbons (Fsp3) is 0.237. The van der Waals surface area contributed by atoms with Crippen molar-refractivity contribution < 1.29 is 69.8 Å². The number of nitrogens with zero attached hydrogens (tertiary/aromatic N) is 6. The van der Waals surface area contributed by atoms with Crippen molar-refractivity contribution in [2.75, 3.05) is 87.9 Å². The van der Waals surface area contributed by atoms with Crippen LogP contribution in [0.4, 0.5) is 0 Å². The van der Waals surface area contributed by atoms with Crippen molar-refractivity contribution in [3.05, 3.63) is 308 Å². The summed E-state index contributed by atoms with van der Waals surface area (Å²) in [5, 5.41) is 2.25. The summed E-state index contributed by atoms with van der Waals surface area (Å²) in [4.78, 5) is 110. The predicted molar refractivity (Wildman–Crippen MR) is 464 cm³/mol. The van der Waals surface area contributed by atoms with Gasteiger partial charge in [0.15, 0.2) is 0 Å². The van der Waals surface area contributed by atoms with E-state index in [0.717, 1.165) is 54.3 Å². The average Bonchev–Trinajstić information content (AvgIpc) is 0.669. The summed E-state index contributed by atoms with van der Waals surface area (Å²) in [5.74, 6) is -2.10. The molecule has 0 N–H and O–H groups in total. The number of aryl methyl sites for hydroxylation is 4. The van der Waals surface area contributed by atoms with Crippen molar-refractivity contribution in [3.8, 4) is 46.0 Å². The summed E-state index contributed by atoms with van der Waals surface area (Å²) in [7, 11) is 3.33. The van der Waals surface area contributed by atoms with Crippen LogP contribution < -0.4 is 18.9 Å². The molecule has 13 aromatic carbocycles. The Bertz CT molecular complexity index is 5650. The number of amides is 6. The molecule has 0 aliphatic carbocycles. The monoisotopic (exact) mass is 1640 g/mol. The molecule has 4 aliphatic heterocycles. The van der Waals surface area contributed by atoms with Gasteiger partial charge in [0.1, 0.15) is 58.1 Å². The largest absolute Gasteiger partial charge is 0.504 e. The number of hydrogen-bond acceptors (Lipinski definition) is 17. The van der Waals surface area contributed by atoms with Crippen molar-refractivity contribution >= 4 is 96.6 Å². The highest BCUT2D eigenvalue weighted by Crippen LogP contribution is 2.59. The molecule has 0 aromatic heterocycles. The summed E-state index contributed by atoms with van der Waals surface area (Å²) < 4.78 is 58.0. The predicted octanol–water partition coefficient (Wildman–Crippen LogP) is 17.1. The molecular formula is C97H92N6O15Si2. The molecule has 21 nitrogen and oxygen atoms in total. The molecule has 0 spiro atoms. The first-order valence-electron chi connectivity index (χ1n) is 40.4. The fourth-order valence-electron chi connectivity index (χ4n) is 17.3. The van der Waals surface area contributed by atoms with Crippen LogP contribution in [0.2, 0.25) is 0 Å². The van der Waals surface area contributed by atoms with Gasteiger partial charge in [-0.1, -0.05) is 180 Å². The molecule has 13 aromatic rings. The normalized spacial score (nSPS) is 15.2. The maximum Gasteiger partial charge on any atom is 0.504 e. The van der Waals surface area contributed by atoms with Crippen molar-refractivity contribution in [2.45, 2.75) is 65.0 Å². The Hall–Kier alpha value is -12.3. The van der Waals surface area contributed by atoms with Gasteiger partial charge in [-0.2, -0.15) is 0 Å². The quantitative estimate of drug-likeness (QED) is 0.0203. The van der Waals surface area contributed by atoms with Crippen LogP contribution in [0.15, 0.2) is 231 Å². The minimum absolute atomic E-state index is 0.0247. The van der Waals surface area contributed by atoms with Crippen LogP contribution in [0, 0.1) is 27.7 Å². The Morgan fingerprint density at radius 3 is 0.950 bits per heavy atom. The molecule has 4 heterocycles. The Morgan fingerprint density at radius 1 is 0.342 bits per heavy atom. The van der Waals surface area contributed by atoms with Crippen LogP contribution in [-0.4, -0.2) is 171 Å². The summed E-state index contributed by atoms with van der Waals surface area (Å²) in [6, 6.07) is 69.1. The van der Waals surface area contributed by atoms with E-state index in [1.54, 1.807) is 118 Å². The summed E-state index contributed by atoms with van der Waals surface area (Å²) >= 11 is 0. The second kappa shape index (κ2) is 33.9. The Kier molecular flexibility index (Phi) is 22.6. The van der Waals surface area contributed by atoms with Crippen molar-refractivity contribution in [2.24, 2.45) is 0 Å². The SMILES string of the molecule is CO[SiH](Cc1cccc(CN2CCN(C(=O)C(c3ccccc3)N3C(=O)c4cc(Oc5ccc(C)cc5)c5c6c(Oc7ccc(C)cc7)cc7c8c(cc(Oc9ccc(C)cc9)c(c9c(Oc%10ccc(C)cc%10)cc(c4c59)C3=O)c86)C(=O)N(C(C(=O)N3CCN(Cc4cccc(C[Si](OC)(OC)OC)c4)CC3)c3ccccc3)C7=O)CC2)c1)OC. The smallest absolute Gasteiger partial charge is 0.457 e. The maximum atomic E-state index is 16.9. The van der Waals surface area contributed by atoms with E-state index in [1.807, 2.05) is 155 Å². The molecule has 23 heteroatoms. The lowest BCUT2D eigenvalue weighted by Crippen LogP contribution is -2.54. The molecule has 608 valence electrons. The molecule has 2 fully saturated rings. The number of carbonyl (C=O) groups excluding carboxylic acids is 6. The number of carbonyl (C=O) groups is 6. The van der Waals surface area contributed by atoms with E-state index in [-0.39, 0.29) is 69.1 Å². The van der Waals surface area contributed by atoms with E-state index in [9.17, 15) is 0 Å². The molecule has 0 radical (unpaired) electrons. The van der Waals surface area contributed by atoms with E-state index < -0.39 is 65.6 Å². The number of benzene rings is 13. The zero-order valence-corrected chi connectivity index (χ0v) is 70.6. The van der Waals surface area contributed by atoms with E-state index in [1.165, 1.54) is 0 Å². The average molecular weight is 1640 g/mol. The topological polar surface area (TPSA) is 205 Å². The van der Waals surface area contributed by atoms with Crippen LogP contribution in [0.25, 0.3) is 43.1 Å². The van der Waals surface area contributed by atoms with Crippen molar-refractivity contribution in [3.63, 3.8) is 0 Å².